The highest BCUT2D eigenvalue weighted by molar-refractivity contribution is 6.68. The summed E-state index contributed by atoms with van der Waals surface area (Å²) in [4.78, 5) is 0. The van der Waals surface area contributed by atoms with Crippen LogP contribution in [0.3, 0.4) is 0 Å². The van der Waals surface area contributed by atoms with Crippen LogP contribution in [0.4, 0.5) is 0 Å². The summed E-state index contributed by atoms with van der Waals surface area (Å²) in [6.45, 7) is 4.38. The second-order valence-electron chi connectivity index (χ2n) is 7.03. The summed E-state index contributed by atoms with van der Waals surface area (Å²) in [6, 6.07) is 35.4. The fraction of sp³-hybridized carbons (Fsp3) is 0.0769. The van der Waals surface area contributed by atoms with Crippen molar-refractivity contribution in [1.82, 2.24) is 0 Å². The molecule has 2 heteroatoms. The molecule has 0 amide bonds. The molecular weight excluding hydrogens is 368 g/mol. The number of hydrogen-bond donors (Lipinski definition) is 0. The number of rotatable bonds is 5. The van der Waals surface area contributed by atoms with Gasteiger partial charge in [0.1, 0.15) is 19.0 Å². The van der Waals surface area contributed by atoms with Crippen molar-refractivity contribution >= 4 is 39.8 Å². The molecule has 4 radical (unpaired) electrons. The highest BCUT2D eigenvalue weighted by Gasteiger charge is 2.05. The first kappa shape index (κ1) is 18.7. The maximum atomic E-state index is 2.27. The molecule has 0 aromatic heterocycles. The Kier molecular flexibility index (Phi) is 5.70. The first-order valence-electron chi connectivity index (χ1n) is 9.55. The van der Waals surface area contributed by atoms with Gasteiger partial charge in [0.2, 0.25) is 0 Å². The molecule has 28 heavy (non-hydrogen) atoms. The Morgan fingerprint density at radius 2 is 0.786 bits per heavy atom. The van der Waals surface area contributed by atoms with E-state index in [4.69, 9.17) is 0 Å². The van der Waals surface area contributed by atoms with Gasteiger partial charge >= 0.3 is 0 Å². The van der Waals surface area contributed by atoms with Crippen LogP contribution in [0.15, 0.2) is 97.1 Å². The van der Waals surface area contributed by atoms with E-state index < -0.39 is 0 Å². The van der Waals surface area contributed by atoms with Gasteiger partial charge in [-0.05, 0) is 25.0 Å². The van der Waals surface area contributed by atoms with Crippen molar-refractivity contribution < 1.29 is 0 Å². The van der Waals surface area contributed by atoms with Gasteiger partial charge in [-0.1, -0.05) is 129 Å². The summed E-state index contributed by atoms with van der Waals surface area (Å²) >= 11 is 0. The first-order chi connectivity index (χ1) is 13.7. The Morgan fingerprint density at radius 1 is 0.429 bits per heavy atom. The Balaban J connectivity index is 1.47. The topological polar surface area (TPSA) is 0 Å². The van der Waals surface area contributed by atoms with Crippen molar-refractivity contribution in [2.24, 2.45) is 0 Å². The van der Waals surface area contributed by atoms with Gasteiger partial charge < -0.3 is 0 Å². The lowest BCUT2D eigenvalue weighted by atomic mass is 10.1. The van der Waals surface area contributed by atoms with Crippen molar-refractivity contribution in [2.75, 3.05) is 0 Å². The third-order valence-electron chi connectivity index (χ3n) is 4.95. The van der Waals surface area contributed by atoms with Gasteiger partial charge in [0, 0.05) is 0 Å². The standard InChI is InChI=1S/C26H22Si2/c1-19-7-3-5-9-25(19)27-23-15-11-21(12-16-23)22-13-17-24(18-14-22)28-26-10-6-4-8-20(26)2/h3-18H,1-2H3. The zero-order valence-electron chi connectivity index (χ0n) is 16.2. The summed E-state index contributed by atoms with van der Waals surface area (Å²) < 4.78 is 0. The highest BCUT2D eigenvalue weighted by atomic mass is 28.2. The van der Waals surface area contributed by atoms with Gasteiger partial charge in [0.05, 0.1) is 0 Å². The SMILES string of the molecule is Cc1ccccc1[Si]c1ccc(-c2ccc([Si]c3ccccc3C)cc2)cc1. The van der Waals surface area contributed by atoms with Crippen LogP contribution in [0.5, 0.6) is 0 Å². The molecule has 4 aromatic rings. The highest BCUT2D eigenvalue weighted by Crippen LogP contribution is 2.16. The van der Waals surface area contributed by atoms with E-state index in [2.05, 4.69) is 111 Å². The Labute approximate surface area is 172 Å². The lowest BCUT2D eigenvalue weighted by molar-refractivity contribution is 1.51. The van der Waals surface area contributed by atoms with Crippen LogP contribution in [0, 0.1) is 13.8 Å². The maximum absolute atomic E-state index is 2.27. The van der Waals surface area contributed by atoms with E-state index in [0.717, 1.165) is 0 Å². The van der Waals surface area contributed by atoms with E-state index in [-0.39, 0.29) is 0 Å². The van der Waals surface area contributed by atoms with E-state index in [1.165, 1.54) is 43.0 Å². The van der Waals surface area contributed by atoms with E-state index in [0.29, 0.717) is 19.0 Å². The summed E-state index contributed by atoms with van der Waals surface area (Å²) in [7, 11) is 1.42. The molecule has 0 nitrogen and oxygen atoms in total. The quantitative estimate of drug-likeness (QED) is 0.459. The monoisotopic (exact) mass is 390 g/mol. The maximum Gasteiger partial charge on any atom is 0.121 e. The molecular formula is C26H22Si2. The van der Waals surface area contributed by atoms with E-state index in [9.17, 15) is 0 Å². The van der Waals surface area contributed by atoms with Crippen molar-refractivity contribution in [2.45, 2.75) is 13.8 Å². The fourth-order valence-electron chi connectivity index (χ4n) is 3.23. The molecule has 0 spiro atoms. The van der Waals surface area contributed by atoms with Crippen LogP contribution in [-0.4, -0.2) is 19.0 Å². The minimum absolute atomic E-state index is 0.711. The molecule has 4 rings (SSSR count). The van der Waals surface area contributed by atoms with Crippen LogP contribution in [0.2, 0.25) is 0 Å². The average Bonchev–Trinajstić information content (AvgIpc) is 2.73. The number of hydrogen-bond acceptors (Lipinski definition) is 0. The molecule has 4 aromatic carbocycles. The van der Waals surface area contributed by atoms with Crippen molar-refractivity contribution in [3.8, 4) is 11.1 Å². The molecule has 0 heterocycles. The molecule has 0 bridgehead atoms. The largest absolute Gasteiger partial charge is 0.121 e. The summed E-state index contributed by atoms with van der Waals surface area (Å²) in [5.74, 6) is 0. The molecule has 0 unspecified atom stereocenters. The number of benzene rings is 4. The average molecular weight is 391 g/mol. The molecule has 0 aliphatic heterocycles. The van der Waals surface area contributed by atoms with Crippen LogP contribution >= 0.6 is 0 Å². The lowest BCUT2D eigenvalue weighted by Crippen LogP contribution is -2.28. The molecule has 0 saturated carbocycles. The van der Waals surface area contributed by atoms with Gasteiger partial charge in [-0.2, -0.15) is 0 Å². The summed E-state index contributed by atoms with van der Waals surface area (Å²) in [5, 5.41) is 5.63. The van der Waals surface area contributed by atoms with Gasteiger partial charge in [0.25, 0.3) is 0 Å². The van der Waals surface area contributed by atoms with Crippen molar-refractivity contribution in [1.29, 1.82) is 0 Å². The zero-order chi connectivity index (χ0) is 19.3. The first-order valence-corrected chi connectivity index (χ1v) is 11.5. The second-order valence-corrected chi connectivity index (χ2v) is 9.77. The minimum Gasteiger partial charge on any atom is -0.0628 e. The predicted octanol–water partition coefficient (Wildman–Crippen LogP) is 3.28. The van der Waals surface area contributed by atoms with E-state index in [1.54, 1.807) is 0 Å². The molecule has 0 aliphatic carbocycles. The Morgan fingerprint density at radius 3 is 1.14 bits per heavy atom. The van der Waals surface area contributed by atoms with Gasteiger partial charge in [-0.3, -0.25) is 0 Å². The second kappa shape index (κ2) is 8.55. The third-order valence-corrected chi connectivity index (χ3v) is 7.86. The van der Waals surface area contributed by atoms with Crippen molar-refractivity contribution in [3.63, 3.8) is 0 Å². The Hall–Kier alpha value is -2.69. The summed E-state index contributed by atoms with van der Waals surface area (Å²) in [5.41, 5.74) is 5.30. The molecule has 0 atom stereocenters. The molecule has 0 N–H and O–H groups in total. The van der Waals surface area contributed by atoms with Gasteiger partial charge in [-0.25, -0.2) is 0 Å². The van der Waals surface area contributed by atoms with Crippen molar-refractivity contribution in [3.05, 3.63) is 108 Å². The smallest absolute Gasteiger partial charge is 0.0628 e. The van der Waals surface area contributed by atoms with E-state index in [1.807, 2.05) is 0 Å². The van der Waals surface area contributed by atoms with Crippen LogP contribution in [0.25, 0.3) is 11.1 Å². The molecule has 134 valence electrons. The zero-order valence-corrected chi connectivity index (χ0v) is 18.2. The third kappa shape index (κ3) is 4.41. The van der Waals surface area contributed by atoms with Crippen LogP contribution in [-0.2, 0) is 0 Å². The van der Waals surface area contributed by atoms with Gasteiger partial charge in [-0.15, -0.1) is 0 Å². The summed E-state index contributed by atoms with van der Waals surface area (Å²) in [6.07, 6.45) is 0. The normalized spacial score (nSPS) is 10.8. The minimum atomic E-state index is 0.711. The Bertz CT molecular complexity index is 975. The predicted molar refractivity (Wildman–Crippen MR) is 124 cm³/mol. The van der Waals surface area contributed by atoms with Gasteiger partial charge in [0.15, 0.2) is 0 Å². The fourth-order valence-corrected chi connectivity index (χ4v) is 5.44. The van der Waals surface area contributed by atoms with E-state index >= 15 is 0 Å². The molecule has 0 aliphatic rings. The van der Waals surface area contributed by atoms with Crippen LogP contribution < -0.4 is 20.7 Å². The van der Waals surface area contributed by atoms with Crippen LogP contribution in [0.1, 0.15) is 11.1 Å². The molecule has 0 saturated heterocycles. The molecule has 0 fully saturated rings. The number of aryl methyl sites for hydroxylation is 2. The lowest BCUT2D eigenvalue weighted by Gasteiger charge is -2.08.